The van der Waals surface area contributed by atoms with Crippen molar-refractivity contribution in [2.45, 2.75) is 26.7 Å². The molecule has 1 atom stereocenters. The molecule has 1 aromatic carbocycles. The largest absolute Gasteiger partial charge is 0.494 e. The van der Waals surface area contributed by atoms with Gasteiger partial charge >= 0.3 is 0 Å². The number of rotatable bonds is 6. The molecule has 1 aromatic heterocycles. The maximum Gasteiger partial charge on any atom is 0.230 e. The predicted molar refractivity (Wildman–Crippen MR) is 111 cm³/mol. The van der Waals surface area contributed by atoms with Crippen LogP contribution >= 0.6 is 11.3 Å². The third kappa shape index (κ3) is 4.89. The Morgan fingerprint density at radius 3 is 2.71 bits per heavy atom. The molecule has 0 saturated carbocycles. The highest BCUT2D eigenvalue weighted by molar-refractivity contribution is 7.88. The van der Waals surface area contributed by atoms with E-state index in [1.54, 1.807) is 0 Å². The fourth-order valence-corrected chi connectivity index (χ4v) is 5.01. The van der Waals surface area contributed by atoms with Crippen LogP contribution in [-0.4, -0.2) is 49.6 Å². The summed E-state index contributed by atoms with van der Waals surface area (Å²) in [7, 11) is -3.28. The van der Waals surface area contributed by atoms with Crippen LogP contribution in [-0.2, 0) is 14.8 Å². The molecule has 2 heterocycles. The van der Waals surface area contributed by atoms with Gasteiger partial charge < -0.3 is 10.1 Å². The number of ether oxygens (including phenoxy) is 1. The minimum atomic E-state index is -3.28. The standard InChI is InChI=1S/C19H25N3O4S2/c1-4-26-16-9-7-14(8-10-16)17-13(2)27-19(20-17)21-18(23)15-6-5-11-22(12-15)28(3,24)25/h7-10,15H,4-6,11-12H2,1-3H3,(H,20,21,23). The Labute approximate surface area is 169 Å². The van der Waals surface area contributed by atoms with Crippen molar-refractivity contribution in [1.29, 1.82) is 0 Å². The number of hydrogen-bond donors (Lipinski definition) is 1. The van der Waals surface area contributed by atoms with E-state index in [1.807, 2.05) is 38.1 Å². The monoisotopic (exact) mass is 423 g/mol. The third-order valence-electron chi connectivity index (χ3n) is 4.69. The Hall–Kier alpha value is -1.97. The Morgan fingerprint density at radius 1 is 1.36 bits per heavy atom. The molecule has 7 nitrogen and oxygen atoms in total. The second-order valence-corrected chi connectivity index (χ2v) is 10.0. The molecular weight excluding hydrogens is 398 g/mol. The van der Waals surface area contributed by atoms with Crippen LogP contribution in [0, 0.1) is 12.8 Å². The highest BCUT2D eigenvalue weighted by atomic mass is 32.2. The second kappa shape index (κ2) is 8.59. The Bertz CT molecular complexity index is 939. The van der Waals surface area contributed by atoms with E-state index in [0.29, 0.717) is 31.1 Å². The van der Waals surface area contributed by atoms with Gasteiger partial charge in [-0.3, -0.25) is 4.79 Å². The highest BCUT2D eigenvalue weighted by Crippen LogP contribution is 2.32. The summed E-state index contributed by atoms with van der Waals surface area (Å²) in [5.41, 5.74) is 1.78. The fourth-order valence-electron chi connectivity index (χ4n) is 3.26. The number of amides is 1. The molecule has 28 heavy (non-hydrogen) atoms. The maximum atomic E-state index is 12.6. The lowest BCUT2D eigenvalue weighted by Crippen LogP contribution is -2.43. The number of carbonyl (C=O) groups is 1. The Balaban J connectivity index is 1.70. The van der Waals surface area contributed by atoms with E-state index < -0.39 is 10.0 Å². The number of thiazole rings is 1. The topological polar surface area (TPSA) is 88.6 Å². The van der Waals surface area contributed by atoms with Crippen LogP contribution in [0.4, 0.5) is 5.13 Å². The van der Waals surface area contributed by atoms with Gasteiger partial charge in [-0.2, -0.15) is 0 Å². The summed E-state index contributed by atoms with van der Waals surface area (Å²) < 4.78 is 30.4. The van der Waals surface area contributed by atoms with Crippen molar-refractivity contribution in [2.24, 2.45) is 5.92 Å². The van der Waals surface area contributed by atoms with Crippen LogP contribution < -0.4 is 10.1 Å². The minimum Gasteiger partial charge on any atom is -0.494 e. The Kier molecular flexibility index (Phi) is 6.36. The molecule has 1 N–H and O–H groups in total. The van der Waals surface area contributed by atoms with Gasteiger partial charge in [-0.25, -0.2) is 17.7 Å². The molecule has 0 aliphatic carbocycles. The van der Waals surface area contributed by atoms with Gasteiger partial charge in [0, 0.05) is 23.5 Å². The number of sulfonamides is 1. The summed E-state index contributed by atoms with van der Waals surface area (Å²) in [4.78, 5) is 18.2. The summed E-state index contributed by atoms with van der Waals surface area (Å²) in [5.74, 6) is 0.266. The molecule has 0 radical (unpaired) electrons. The first-order chi connectivity index (χ1) is 13.3. The van der Waals surface area contributed by atoms with Gasteiger partial charge in [0.15, 0.2) is 5.13 Å². The summed E-state index contributed by atoms with van der Waals surface area (Å²) >= 11 is 1.42. The second-order valence-electron chi connectivity index (χ2n) is 6.83. The first kappa shape index (κ1) is 20.8. The number of carbonyl (C=O) groups excluding carboxylic acids is 1. The first-order valence-corrected chi connectivity index (χ1v) is 11.9. The lowest BCUT2D eigenvalue weighted by Gasteiger charge is -2.29. The summed E-state index contributed by atoms with van der Waals surface area (Å²) in [6.45, 7) is 5.21. The quantitative estimate of drug-likeness (QED) is 0.771. The molecule has 1 fully saturated rings. The molecule has 3 rings (SSSR count). The average molecular weight is 424 g/mol. The molecule has 2 aromatic rings. The van der Waals surface area contributed by atoms with Crippen LogP contribution in [0.15, 0.2) is 24.3 Å². The van der Waals surface area contributed by atoms with Crippen molar-refractivity contribution in [1.82, 2.24) is 9.29 Å². The SMILES string of the molecule is CCOc1ccc(-c2nc(NC(=O)C3CCCN(S(C)(=O)=O)C3)sc2C)cc1. The van der Waals surface area contributed by atoms with Gasteiger partial charge in [0.05, 0.1) is 24.5 Å². The molecule has 152 valence electrons. The number of piperidine rings is 1. The van der Waals surface area contributed by atoms with Gasteiger partial charge in [0.1, 0.15) is 5.75 Å². The predicted octanol–water partition coefficient (Wildman–Crippen LogP) is 3.13. The van der Waals surface area contributed by atoms with Crippen molar-refractivity contribution < 1.29 is 17.9 Å². The molecular formula is C19H25N3O4S2. The van der Waals surface area contributed by atoms with Crippen molar-refractivity contribution >= 4 is 32.4 Å². The average Bonchev–Trinajstić information content (AvgIpc) is 3.02. The lowest BCUT2D eigenvalue weighted by atomic mass is 9.99. The number of anilines is 1. The maximum absolute atomic E-state index is 12.6. The van der Waals surface area contributed by atoms with Crippen LogP contribution in [0.25, 0.3) is 11.3 Å². The van der Waals surface area contributed by atoms with Gasteiger partial charge in [0.25, 0.3) is 0 Å². The smallest absolute Gasteiger partial charge is 0.230 e. The van der Waals surface area contributed by atoms with Crippen molar-refractivity contribution in [3.63, 3.8) is 0 Å². The summed E-state index contributed by atoms with van der Waals surface area (Å²) in [6, 6.07) is 7.70. The van der Waals surface area contributed by atoms with Crippen LogP contribution in [0.3, 0.4) is 0 Å². The van der Waals surface area contributed by atoms with E-state index >= 15 is 0 Å². The fraction of sp³-hybridized carbons (Fsp3) is 0.474. The number of aromatic nitrogens is 1. The van der Waals surface area contributed by atoms with Gasteiger partial charge in [-0.15, -0.1) is 11.3 Å². The molecule has 1 unspecified atom stereocenters. The zero-order chi connectivity index (χ0) is 20.3. The van der Waals surface area contributed by atoms with Crippen molar-refractivity contribution in [3.05, 3.63) is 29.1 Å². The van der Waals surface area contributed by atoms with E-state index in [0.717, 1.165) is 21.9 Å². The number of nitrogens with zero attached hydrogens (tertiary/aromatic N) is 2. The zero-order valence-corrected chi connectivity index (χ0v) is 17.9. The highest BCUT2D eigenvalue weighted by Gasteiger charge is 2.30. The molecule has 1 amide bonds. The van der Waals surface area contributed by atoms with Gasteiger partial charge in [0.2, 0.25) is 15.9 Å². The number of hydrogen-bond acceptors (Lipinski definition) is 6. The third-order valence-corrected chi connectivity index (χ3v) is 6.85. The zero-order valence-electron chi connectivity index (χ0n) is 16.3. The summed E-state index contributed by atoms with van der Waals surface area (Å²) in [6.07, 6.45) is 2.54. The van der Waals surface area contributed by atoms with Gasteiger partial charge in [-0.05, 0) is 51.0 Å². The Morgan fingerprint density at radius 2 is 2.07 bits per heavy atom. The number of benzene rings is 1. The van der Waals surface area contributed by atoms with Crippen molar-refractivity contribution in [3.8, 4) is 17.0 Å². The number of nitrogens with one attached hydrogen (secondary N) is 1. The van der Waals surface area contributed by atoms with Crippen molar-refractivity contribution in [2.75, 3.05) is 31.3 Å². The first-order valence-electron chi connectivity index (χ1n) is 9.24. The molecule has 1 saturated heterocycles. The molecule has 1 aliphatic rings. The number of aryl methyl sites for hydroxylation is 1. The van der Waals surface area contributed by atoms with E-state index in [9.17, 15) is 13.2 Å². The summed E-state index contributed by atoms with van der Waals surface area (Å²) in [5, 5.41) is 3.40. The van der Waals surface area contributed by atoms with Crippen LogP contribution in [0.2, 0.25) is 0 Å². The van der Waals surface area contributed by atoms with Crippen LogP contribution in [0.5, 0.6) is 5.75 Å². The van der Waals surface area contributed by atoms with E-state index in [1.165, 1.54) is 21.9 Å². The molecule has 1 aliphatic heterocycles. The van der Waals surface area contributed by atoms with Crippen LogP contribution in [0.1, 0.15) is 24.6 Å². The van der Waals surface area contributed by atoms with E-state index in [-0.39, 0.29) is 18.4 Å². The lowest BCUT2D eigenvalue weighted by molar-refractivity contribution is -0.120. The van der Waals surface area contributed by atoms with Gasteiger partial charge in [-0.1, -0.05) is 0 Å². The molecule has 0 bridgehead atoms. The normalized spacial score (nSPS) is 18.0. The van der Waals surface area contributed by atoms with E-state index in [2.05, 4.69) is 10.3 Å². The molecule has 0 spiro atoms. The minimum absolute atomic E-state index is 0.180. The van der Waals surface area contributed by atoms with E-state index in [4.69, 9.17) is 4.74 Å². The molecule has 9 heteroatoms.